The zero-order chi connectivity index (χ0) is 23.8. The summed E-state index contributed by atoms with van der Waals surface area (Å²) in [5, 5.41) is 14.2. The third kappa shape index (κ3) is 6.17. The summed E-state index contributed by atoms with van der Waals surface area (Å²) < 4.78 is 0. The number of amides is 3. The van der Waals surface area contributed by atoms with Crippen molar-refractivity contribution >= 4 is 58.3 Å². The summed E-state index contributed by atoms with van der Waals surface area (Å²) in [5.41, 5.74) is 1.09. The Morgan fingerprint density at radius 2 is 1.84 bits per heavy atom. The van der Waals surface area contributed by atoms with Gasteiger partial charge in [0.05, 0.1) is 23.8 Å². The first-order valence-corrected chi connectivity index (χ1v) is 11.5. The first-order valence-electron chi connectivity index (χ1n) is 9.62. The lowest BCUT2D eigenvalue weighted by Gasteiger charge is -2.28. The molecule has 0 spiro atoms. The molecule has 3 atom stereocenters. The predicted octanol–water partition coefficient (Wildman–Crippen LogP) is -0.128. The van der Waals surface area contributed by atoms with Gasteiger partial charge in [-0.2, -0.15) is 12.6 Å². The van der Waals surface area contributed by atoms with Crippen molar-refractivity contribution in [3.8, 4) is 0 Å². The molecule has 0 aliphatic heterocycles. The number of thiol groups is 1. The number of aliphatic hydroxyl groups is 1. The number of likely N-dealkylation sites (N-methyl/N-ethyl adjacent to an activating group) is 1. The molecule has 2 aromatic rings. The van der Waals surface area contributed by atoms with Gasteiger partial charge in [0, 0.05) is 12.8 Å². The standard InChI is InChI=1S/C20H25N5O5S2/c1-11(19(29)25(2)16(10-31)20(30)32-3)22-18(28)15(9-26)24-17(27)14-8-21-12-6-4-5-7-13(12)23-14/h4-8,11,15-16,26,31H,9-10H2,1-3H3,(H,22,28)(H,24,27)/t11?,15?,16-/m0/s1. The van der Waals surface area contributed by atoms with Crippen LogP contribution in [0.4, 0.5) is 0 Å². The van der Waals surface area contributed by atoms with Crippen LogP contribution in [0.1, 0.15) is 17.4 Å². The lowest BCUT2D eigenvalue weighted by atomic mass is 10.2. The average Bonchev–Trinajstić information content (AvgIpc) is 2.81. The molecule has 32 heavy (non-hydrogen) atoms. The van der Waals surface area contributed by atoms with E-state index in [2.05, 4.69) is 33.2 Å². The fourth-order valence-electron chi connectivity index (χ4n) is 2.82. The van der Waals surface area contributed by atoms with E-state index in [-0.39, 0.29) is 16.6 Å². The molecule has 2 rings (SSSR count). The van der Waals surface area contributed by atoms with Crippen molar-refractivity contribution in [2.45, 2.75) is 25.0 Å². The van der Waals surface area contributed by atoms with Crippen molar-refractivity contribution < 1.29 is 24.3 Å². The second kappa shape index (κ2) is 11.8. The molecule has 2 unspecified atom stereocenters. The number of aliphatic hydroxyl groups excluding tert-OH is 1. The zero-order valence-corrected chi connectivity index (χ0v) is 19.5. The molecule has 172 valence electrons. The number of thioether (sulfide) groups is 1. The molecule has 10 nitrogen and oxygen atoms in total. The number of rotatable bonds is 9. The zero-order valence-electron chi connectivity index (χ0n) is 17.8. The monoisotopic (exact) mass is 479 g/mol. The average molecular weight is 480 g/mol. The van der Waals surface area contributed by atoms with Crippen molar-refractivity contribution in [3.05, 3.63) is 36.2 Å². The summed E-state index contributed by atoms with van der Waals surface area (Å²) >= 11 is 5.10. The van der Waals surface area contributed by atoms with E-state index in [4.69, 9.17) is 0 Å². The molecule has 3 amide bonds. The van der Waals surface area contributed by atoms with Gasteiger partial charge in [-0.05, 0) is 25.3 Å². The topological polar surface area (TPSA) is 142 Å². The van der Waals surface area contributed by atoms with E-state index in [1.165, 1.54) is 25.1 Å². The maximum absolute atomic E-state index is 12.6. The van der Waals surface area contributed by atoms with Crippen LogP contribution in [0.5, 0.6) is 0 Å². The molecule has 1 aromatic carbocycles. The van der Waals surface area contributed by atoms with Gasteiger partial charge in [0.1, 0.15) is 23.8 Å². The molecule has 1 heterocycles. The van der Waals surface area contributed by atoms with Gasteiger partial charge in [-0.1, -0.05) is 23.9 Å². The number of carbonyl (C=O) groups excluding carboxylic acids is 4. The van der Waals surface area contributed by atoms with Crippen molar-refractivity contribution in [2.24, 2.45) is 0 Å². The van der Waals surface area contributed by atoms with Crippen LogP contribution >= 0.6 is 24.4 Å². The fourth-order valence-corrected chi connectivity index (χ4v) is 3.87. The minimum absolute atomic E-state index is 0.0222. The summed E-state index contributed by atoms with van der Waals surface area (Å²) in [7, 11) is 1.45. The van der Waals surface area contributed by atoms with Crippen molar-refractivity contribution in [1.29, 1.82) is 0 Å². The number of nitrogens with one attached hydrogen (secondary N) is 2. The van der Waals surface area contributed by atoms with Crippen LogP contribution in [0, 0.1) is 0 Å². The van der Waals surface area contributed by atoms with E-state index < -0.39 is 42.5 Å². The second-order valence-electron chi connectivity index (χ2n) is 6.85. The van der Waals surface area contributed by atoms with E-state index >= 15 is 0 Å². The fraction of sp³-hybridized carbons (Fsp3) is 0.400. The van der Waals surface area contributed by atoms with Crippen molar-refractivity contribution in [1.82, 2.24) is 25.5 Å². The summed E-state index contributed by atoms with van der Waals surface area (Å²) in [6, 6.07) is 3.91. The normalized spacial score (nSPS) is 13.7. The van der Waals surface area contributed by atoms with Crippen LogP contribution in [-0.4, -0.2) is 86.6 Å². The highest BCUT2D eigenvalue weighted by atomic mass is 32.2. The van der Waals surface area contributed by atoms with Gasteiger partial charge >= 0.3 is 0 Å². The maximum atomic E-state index is 12.6. The SMILES string of the molecule is CSC(=O)[C@H](CS)N(C)C(=O)C(C)NC(=O)C(CO)NC(=O)c1cnc2ccccc2n1. The molecular formula is C20H25N5O5S2. The van der Waals surface area contributed by atoms with Crippen molar-refractivity contribution in [2.75, 3.05) is 25.7 Å². The molecule has 0 aliphatic rings. The third-order valence-electron chi connectivity index (χ3n) is 4.68. The molecule has 0 radical (unpaired) electrons. The van der Waals surface area contributed by atoms with E-state index in [1.54, 1.807) is 30.5 Å². The summed E-state index contributed by atoms with van der Waals surface area (Å²) in [4.78, 5) is 59.2. The lowest BCUT2D eigenvalue weighted by molar-refractivity contribution is -0.138. The van der Waals surface area contributed by atoms with Gasteiger partial charge in [-0.3, -0.25) is 24.2 Å². The van der Waals surface area contributed by atoms with E-state index in [0.29, 0.717) is 11.0 Å². The number of carbonyl (C=O) groups is 4. The molecule has 12 heteroatoms. The number of nitrogens with zero attached hydrogens (tertiary/aromatic N) is 3. The van der Waals surface area contributed by atoms with Crippen LogP contribution < -0.4 is 10.6 Å². The number of fused-ring (bicyclic) bond motifs is 1. The molecule has 0 saturated carbocycles. The molecule has 0 saturated heterocycles. The Kier molecular flexibility index (Phi) is 9.42. The van der Waals surface area contributed by atoms with Gasteiger partial charge in [0.2, 0.25) is 16.9 Å². The number of aromatic nitrogens is 2. The smallest absolute Gasteiger partial charge is 0.272 e. The van der Waals surface area contributed by atoms with Crippen LogP contribution in [0.15, 0.2) is 30.5 Å². The highest BCUT2D eigenvalue weighted by Gasteiger charge is 2.30. The molecular weight excluding hydrogens is 454 g/mol. The Morgan fingerprint density at radius 3 is 2.44 bits per heavy atom. The van der Waals surface area contributed by atoms with Crippen LogP contribution in [0.3, 0.4) is 0 Å². The summed E-state index contributed by atoms with van der Waals surface area (Å²) in [6.07, 6.45) is 2.88. The number of benzene rings is 1. The highest BCUT2D eigenvalue weighted by molar-refractivity contribution is 8.13. The van der Waals surface area contributed by atoms with Gasteiger partial charge < -0.3 is 20.6 Å². The summed E-state index contributed by atoms with van der Waals surface area (Å²) in [5.74, 6) is -1.84. The minimum Gasteiger partial charge on any atom is -0.394 e. The molecule has 1 aromatic heterocycles. The van der Waals surface area contributed by atoms with Crippen LogP contribution in [0.2, 0.25) is 0 Å². The minimum atomic E-state index is -1.31. The third-order valence-corrected chi connectivity index (χ3v) is 5.70. The van der Waals surface area contributed by atoms with E-state index in [9.17, 15) is 24.3 Å². The van der Waals surface area contributed by atoms with Crippen LogP contribution in [-0.2, 0) is 14.4 Å². The lowest BCUT2D eigenvalue weighted by Crippen LogP contribution is -2.56. The van der Waals surface area contributed by atoms with Crippen molar-refractivity contribution in [3.63, 3.8) is 0 Å². The van der Waals surface area contributed by atoms with Crippen LogP contribution in [0.25, 0.3) is 11.0 Å². The molecule has 3 N–H and O–H groups in total. The maximum Gasteiger partial charge on any atom is 0.272 e. The molecule has 0 aliphatic carbocycles. The first kappa shape index (κ1) is 25.6. The number of para-hydroxylation sites is 2. The Balaban J connectivity index is 2.03. The number of hydrogen-bond acceptors (Lipinski definition) is 9. The van der Waals surface area contributed by atoms with E-state index in [0.717, 1.165) is 11.8 Å². The Morgan fingerprint density at radius 1 is 1.19 bits per heavy atom. The first-order chi connectivity index (χ1) is 15.2. The number of hydrogen-bond donors (Lipinski definition) is 4. The van der Waals surface area contributed by atoms with Gasteiger partial charge in [0.15, 0.2) is 0 Å². The Hall–Kier alpha value is -2.70. The van der Waals surface area contributed by atoms with Gasteiger partial charge in [-0.15, -0.1) is 0 Å². The molecule has 0 fully saturated rings. The quantitative estimate of drug-likeness (QED) is 0.365. The van der Waals surface area contributed by atoms with Gasteiger partial charge in [0.25, 0.3) is 5.91 Å². The summed E-state index contributed by atoms with van der Waals surface area (Å²) in [6.45, 7) is 0.750. The second-order valence-corrected chi connectivity index (χ2v) is 8.03. The Bertz CT molecular complexity index is 1010. The highest BCUT2D eigenvalue weighted by Crippen LogP contribution is 2.11. The van der Waals surface area contributed by atoms with E-state index in [1.807, 2.05) is 0 Å². The Labute approximate surface area is 195 Å². The largest absolute Gasteiger partial charge is 0.394 e. The van der Waals surface area contributed by atoms with Gasteiger partial charge in [-0.25, -0.2) is 4.98 Å². The predicted molar refractivity (Wildman–Crippen MR) is 124 cm³/mol. The molecule has 0 bridgehead atoms.